The molecule has 0 aliphatic carbocycles. The number of nitrogens with one attached hydrogen (secondary N) is 3. The van der Waals surface area contributed by atoms with Gasteiger partial charge in [-0.3, -0.25) is 9.59 Å². The molecule has 0 aliphatic heterocycles. The Morgan fingerprint density at radius 3 is 2.39 bits per heavy atom. The lowest BCUT2D eigenvalue weighted by Crippen LogP contribution is -3.14. The Morgan fingerprint density at radius 1 is 1.07 bits per heavy atom. The lowest BCUT2D eigenvalue weighted by atomic mass is 10.1. The number of carbonyl (C=O) groups is 2. The molecule has 3 N–H and O–H groups in total. The number of hydrogen-bond donors (Lipinski definition) is 3. The molecule has 2 atom stereocenters. The van der Waals surface area contributed by atoms with Crippen LogP contribution in [0.2, 0.25) is 5.02 Å². The van der Waals surface area contributed by atoms with Crippen LogP contribution in [0.1, 0.15) is 25.5 Å². The Hall–Kier alpha value is -2.57. The second-order valence-electron chi connectivity index (χ2n) is 6.52. The van der Waals surface area contributed by atoms with E-state index in [0.717, 1.165) is 10.5 Å². The summed E-state index contributed by atoms with van der Waals surface area (Å²) >= 11 is 6.19. The zero-order valence-electron chi connectivity index (χ0n) is 16.4. The number of rotatable bonds is 9. The summed E-state index contributed by atoms with van der Waals surface area (Å²) in [7, 11) is 1.55. The maximum atomic E-state index is 12.4. The van der Waals surface area contributed by atoms with Crippen molar-refractivity contribution >= 4 is 29.1 Å². The molecule has 0 heterocycles. The standard InChI is InChI=1S/C21H26ClN3O3/c1-4-25(14-21(27)24-18-11-7-8-12-19(18)28-3)13-20(26)23-15(2)16-9-5-6-10-17(16)22/h5-12,15H,4,13-14H2,1-3H3,(H,23,26)(H,24,27)/p+1/t15-/m0/s1. The summed E-state index contributed by atoms with van der Waals surface area (Å²) in [5.74, 6) is 0.294. The van der Waals surface area contributed by atoms with Gasteiger partial charge in [-0.25, -0.2) is 0 Å². The predicted octanol–water partition coefficient (Wildman–Crippen LogP) is 2.07. The van der Waals surface area contributed by atoms with E-state index < -0.39 is 0 Å². The first-order valence-corrected chi connectivity index (χ1v) is 9.62. The van der Waals surface area contributed by atoms with Crippen molar-refractivity contribution < 1.29 is 19.2 Å². The minimum Gasteiger partial charge on any atom is -0.495 e. The molecule has 150 valence electrons. The molecule has 0 radical (unpaired) electrons. The topological polar surface area (TPSA) is 71.9 Å². The Kier molecular flexibility index (Phi) is 8.29. The van der Waals surface area contributed by atoms with Gasteiger partial charge in [-0.05, 0) is 37.6 Å². The molecule has 1 unspecified atom stereocenters. The van der Waals surface area contributed by atoms with Gasteiger partial charge in [0.05, 0.1) is 25.4 Å². The number of amides is 2. The van der Waals surface area contributed by atoms with E-state index in [-0.39, 0.29) is 30.9 Å². The van der Waals surface area contributed by atoms with Crippen LogP contribution in [0.25, 0.3) is 0 Å². The average molecular weight is 405 g/mol. The zero-order chi connectivity index (χ0) is 20.5. The maximum absolute atomic E-state index is 12.4. The van der Waals surface area contributed by atoms with Crippen molar-refractivity contribution in [2.75, 3.05) is 32.1 Å². The molecule has 0 bridgehead atoms. The van der Waals surface area contributed by atoms with Crippen LogP contribution in [0.3, 0.4) is 0 Å². The molecule has 0 spiro atoms. The minimum atomic E-state index is -0.207. The Bertz CT molecular complexity index is 813. The van der Waals surface area contributed by atoms with E-state index in [2.05, 4.69) is 10.6 Å². The molecule has 2 aromatic rings. The zero-order valence-corrected chi connectivity index (χ0v) is 17.2. The number of halogens is 1. The first kappa shape index (κ1) is 21.7. The second kappa shape index (κ2) is 10.7. The SMILES string of the molecule is CC[NH+](CC(=O)Nc1ccccc1OC)CC(=O)N[C@@H](C)c1ccccc1Cl. The quantitative estimate of drug-likeness (QED) is 0.599. The highest BCUT2D eigenvalue weighted by Gasteiger charge is 2.19. The summed E-state index contributed by atoms with van der Waals surface area (Å²) in [5.41, 5.74) is 1.48. The van der Waals surface area contributed by atoms with Crippen molar-refractivity contribution in [3.8, 4) is 5.75 Å². The van der Waals surface area contributed by atoms with Crippen molar-refractivity contribution in [2.45, 2.75) is 19.9 Å². The second-order valence-corrected chi connectivity index (χ2v) is 6.92. The van der Waals surface area contributed by atoms with Gasteiger partial charge in [0.2, 0.25) is 0 Å². The summed E-state index contributed by atoms with van der Waals surface area (Å²) in [6.07, 6.45) is 0. The van der Waals surface area contributed by atoms with E-state index in [9.17, 15) is 9.59 Å². The average Bonchev–Trinajstić information content (AvgIpc) is 2.68. The van der Waals surface area contributed by atoms with Crippen LogP contribution in [0.4, 0.5) is 5.69 Å². The van der Waals surface area contributed by atoms with E-state index in [4.69, 9.17) is 16.3 Å². The Balaban J connectivity index is 1.89. The van der Waals surface area contributed by atoms with Crippen LogP contribution in [0.15, 0.2) is 48.5 Å². The number of carbonyl (C=O) groups excluding carboxylic acids is 2. The number of para-hydroxylation sites is 2. The van der Waals surface area contributed by atoms with Gasteiger partial charge >= 0.3 is 0 Å². The fourth-order valence-electron chi connectivity index (χ4n) is 2.91. The molecule has 2 amide bonds. The fourth-order valence-corrected chi connectivity index (χ4v) is 3.20. The number of anilines is 1. The Labute approximate surface area is 170 Å². The van der Waals surface area contributed by atoms with Crippen LogP contribution in [0, 0.1) is 0 Å². The van der Waals surface area contributed by atoms with Crippen molar-refractivity contribution in [2.24, 2.45) is 0 Å². The monoisotopic (exact) mass is 404 g/mol. The van der Waals surface area contributed by atoms with Crippen molar-refractivity contribution in [3.05, 3.63) is 59.1 Å². The smallest absolute Gasteiger partial charge is 0.279 e. The molecule has 0 saturated carbocycles. The third-order valence-corrected chi connectivity index (χ3v) is 4.80. The van der Waals surface area contributed by atoms with Gasteiger partial charge in [-0.1, -0.05) is 41.9 Å². The first-order chi connectivity index (χ1) is 13.4. The molecule has 28 heavy (non-hydrogen) atoms. The fraction of sp³-hybridized carbons (Fsp3) is 0.333. The minimum absolute atomic E-state index is 0.130. The highest BCUT2D eigenvalue weighted by Crippen LogP contribution is 2.23. The summed E-state index contributed by atoms with van der Waals surface area (Å²) in [6.45, 7) is 4.86. The van der Waals surface area contributed by atoms with E-state index in [1.54, 1.807) is 25.3 Å². The van der Waals surface area contributed by atoms with E-state index in [0.29, 0.717) is 23.0 Å². The van der Waals surface area contributed by atoms with Crippen LogP contribution in [-0.4, -0.2) is 38.6 Å². The van der Waals surface area contributed by atoms with Crippen LogP contribution < -0.4 is 20.3 Å². The number of ether oxygens (including phenoxy) is 1. The molecule has 0 aliphatic rings. The first-order valence-electron chi connectivity index (χ1n) is 9.24. The van der Waals surface area contributed by atoms with Gasteiger partial charge in [0.1, 0.15) is 5.75 Å². The third-order valence-electron chi connectivity index (χ3n) is 4.45. The summed E-state index contributed by atoms with van der Waals surface area (Å²) in [6, 6.07) is 14.4. The van der Waals surface area contributed by atoms with Gasteiger partial charge in [-0.2, -0.15) is 0 Å². The van der Waals surface area contributed by atoms with Crippen molar-refractivity contribution in [1.29, 1.82) is 0 Å². The van der Waals surface area contributed by atoms with Gasteiger partial charge in [0.25, 0.3) is 11.8 Å². The summed E-state index contributed by atoms with van der Waals surface area (Å²) in [5, 5.41) is 6.40. The van der Waals surface area contributed by atoms with Crippen LogP contribution in [0.5, 0.6) is 5.75 Å². The van der Waals surface area contributed by atoms with E-state index in [1.807, 2.05) is 44.2 Å². The molecule has 0 saturated heterocycles. The van der Waals surface area contributed by atoms with Gasteiger partial charge in [0, 0.05) is 5.02 Å². The lowest BCUT2D eigenvalue weighted by Gasteiger charge is -2.20. The highest BCUT2D eigenvalue weighted by molar-refractivity contribution is 6.31. The van der Waals surface area contributed by atoms with Gasteiger partial charge in [-0.15, -0.1) is 0 Å². The van der Waals surface area contributed by atoms with E-state index >= 15 is 0 Å². The molecular formula is C21H27ClN3O3+. The molecule has 2 aromatic carbocycles. The molecular weight excluding hydrogens is 378 g/mol. The van der Waals surface area contributed by atoms with Crippen molar-refractivity contribution in [1.82, 2.24) is 5.32 Å². The molecule has 2 rings (SSSR count). The normalized spacial score (nSPS) is 12.7. The summed E-state index contributed by atoms with van der Waals surface area (Å²) < 4.78 is 5.24. The molecule has 7 heteroatoms. The number of hydrogen-bond acceptors (Lipinski definition) is 3. The Morgan fingerprint density at radius 2 is 1.71 bits per heavy atom. The third kappa shape index (κ3) is 6.25. The highest BCUT2D eigenvalue weighted by atomic mass is 35.5. The van der Waals surface area contributed by atoms with Crippen LogP contribution >= 0.6 is 11.6 Å². The molecule has 0 fully saturated rings. The van der Waals surface area contributed by atoms with Gasteiger partial charge < -0.3 is 20.3 Å². The van der Waals surface area contributed by atoms with Crippen LogP contribution in [-0.2, 0) is 9.59 Å². The van der Waals surface area contributed by atoms with Crippen molar-refractivity contribution in [3.63, 3.8) is 0 Å². The van der Waals surface area contributed by atoms with E-state index in [1.165, 1.54) is 0 Å². The number of methoxy groups -OCH3 is 1. The molecule has 0 aromatic heterocycles. The lowest BCUT2D eigenvalue weighted by molar-refractivity contribution is -0.881. The number of quaternary nitrogens is 1. The number of likely N-dealkylation sites (N-methyl/N-ethyl adjacent to an activating group) is 1. The number of benzene rings is 2. The van der Waals surface area contributed by atoms with Gasteiger partial charge in [0.15, 0.2) is 13.1 Å². The largest absolute Gasteiger partial charge is 0.495 e. The summed E-state index contributed by atoms with van der Waals surface area (Å²) in [4.78, 5) is 25.7. The maximum Gasteiger partial charge on any atom is 0.279 e. The molecule has 6 nitrogen and oxygen atoms in total. The predicted molar refractivity (Wildman–Crippen MR) is 111 cm³/mol.